The van der Waals surface area contributed by atoms with Crippen LogP contribution in [0.5, 0.6) is 0 Å². The van der Waals surface area contributed by atoms with Crippen molar-refractivity contribution in [3.05, 3.63) is 35.2 Å². The van der Waals surface area contributed by atoms with Gasteiger partial charge >= 0.3 is 0 Å². The van der Waals surface area contributed by atoms with Gasteiger partial charge in [-0.2, -0.15) is 5.26 Å². The lowest BCUT2D eigenvalue weighted by molar-refractivity contribution is 0.588. The maximum absolute atomic E-state index is 9.13. The van der Waals surface area contributed by atoms with Crippen LogP contribution in [-0.2, 0) is 0 Å². The number of hydrogen-bond donors (Lipinski definition) is 0. The van der Waals surface area contributed by atoms with E-state index in [1.54, 1.807) is 11.3 Å². The number of hydrogen-bond acceptors (Lipinski definition) is 2. The summed E-state index contributed by atoms with van der Waals surface area (Å²) in [6.45, 7) is 4.18. The molecule has 0 aliphatic rings. The zero-order valence-electron chi connectivity index (χ0n) is 8.90. The van der Waals surface area contributed by atoms with Gasteiger partial charge in [0.05, 0.1) is 12.0 Å². The van der Waals surface area contributed by atoms with Gasteiger partial charge in [0, 0.05) is 4.70 Å². The maximum Gasteiger partial charge on any atom is 0.0735 e. The van der Waals surface area contributed by atoms with Crippen LogP contribution in [0.1, 0.15) is 25.3 Å². The molecular weight excluding hydrogens is 202 g/mol. The minimum atomic E-state index is 0.00861. The fraction of sp³-hybridized carbons (Fsp3) is 0.308. The quantitative estimate of drug-likeness (QED) is 0.737. The van der Waals surface area contributed by atoms with Crippen LogP contribution < -0.4 is 0 Å². The molecule has 1 atom stereocenters. The van der Waals surface area contributed by atoms with Gasteiger partial charge in [-0.25, -0.2) is 0 Å². The molecule has 0 fully saturated rings. The number of fused-ring (bicyclic) bond motifs is 1. The molecule has 0 spiro atoms. The monoisotopic (exact) mass is 215 g/mol. The Morgan fingerprint density at radius 1 is 1.27 bits per heavy atom. The standard InChI is InChI=1S/C13H13NS/c1-9(2)12(8-14)10-3-4-13-11(7-10)5-6-15-13/h3-7,9,12H,1-2H3. The summed E-state index contributed by atoms with van der Waals surface area (Å²) in [5, 5.41) is 12.5. The molecule has 1 unspecified atom stereocenters. The Bertz CT molecular complexity index is 504. The first kappa shape index (κ1) is 10.2. The SMILES string of the molecule is CC(C)C(C#N)c1ccc2sccc2c1. The summed E-state index contributed by atoms with van der Waals surface area (Å²) >= 11 is 1.74. The summed E-state index contributed by atoms with van der Waals surface area (Å²) in [4.78, 5) is 0. The molecule has 1 nitrogen and oxygen atoms in total. The molecule has 2 aromatic rings. The van der Waals surface area contributed by atoms with E-state index in [0.717, 1.165) is 5.56 Å². The van der Waals surface area contributed by atoms with E-state index in [2.05, 4.69) is 49.6 Å². The van der Waals surface area contributed by atoms with Gasteiger partial charge in [0.1, 0.15) is 0 Å². The van der Waals surface area contributed by atoms with Gasteiger partial charge < -0.3 is 0 Å². The zero-order valence-corrected chi connectivity index (χ0v) is 9.71. The molecule has 0 amide bonds. The third-order valence-corrected chi connectivity index (χ3v) is 3.54. The van der Waals surface area contributed by atoms with Gasteiger partial charge in [0.15, 0.2) is 0 Å². The van der Waals surface area contributed by atoms with Crippen LogP contribution in [0.2, 0.25) is 0 Å². The molecule has 2 heteroatoms. The van der Waals surface area contributed by atoms with Gasteiger partial charge in [-0.15, -0.1) is 11.3 Å². The van der Waals surface area contributed by atoms with Crippen LogP contribution in [0.25, 0.3) is 10.1 Å². The topological polar surface area (TPSA) is 23.8 Å². The normalized spacial score (nSPS) is 12.9. The van der Waals surface area contributed by atoms with Crippen molar-refractivity contribution in [2.75, 3.05) is 0 Å². The molecular formula is C13H13NS. The highest BCUT2D eigenvalue weighted by molar-refractivity contribution is 7.17. The second-order valence-electron chi connectivity index (χ2n) is 4.07. The van der Waals surface area contributed by atoms with Crippen LogP contribution >= 0.6 is 11.3 Å². The first-order chi connectivity index (χ1) is 7.22. The van der Waals surface area contributed by atoms with E-state index in [0.29, 0.717) is 5.92 Å². The maximum atomic E-state index is 9.13. The Kier molecular flexibility index (Phi) is 2.75. The fourth-order valence-corrected chi connectivity index (χ4v) is 2.56. The Balaban J connectivity index is 2.47. The Hall–Kier alpha value is -1.33. The minimum absolute atomic E-state index is 0.00861. The van der Waals surface area contributed by atoms with Crippen LogP contribution in [0, 0.1) is 17.2 Å². The van der Waals surface area contributed by atoms with Crippen molar-refractivity contribution in [2.45, 2.75) is 19.8 Å². The third kappa shape index (κ3) is 1.88. The summed E-state index contributed by atoms with van der Waals surface area (Å²) in [5.74, 6) is 0.375. The van der Waals surface area contributed by atoms with Gasteiger partial charge in [0.25, 0.3) is 0 Å². The number of thiophene rings is 1. The first-order valence-corrected chi connectivity index (χ1v) is 5.97. The number of nitrogens with zero attached hydrogens (tertiary/aromatic N) is 1. The Morgan fingerprint density at radius 2 is 2.07 bits per heavy atom. The molecule has 1 aromatic heterocycles. The van der Waals surface area contributed by atoms with Gasteiger partial charge in [-0.05, 0) is 40.4 Å². The second kappa shape index (κ2) is 4.04. The smallest absolute Gasteiger partial charge is 0.0735 e. The van der Waals surface area contributed by atoms with Crippen LogP contribution in [-0.4, -0.2) is 0 Å². The molecule has 0 saturated heterocycles. The van der Waals surface area contributed by atoms with Crippen molar-refractivity contribution in [3.8, 4) is 6.07 Å². The number of benzene rings is 1. The number of nitriles is 1. The average Bonchev–Trinajstić information content (AvgIpc) is 2.65. The van der Waals surface area contributed by atoms with E-state index in [-0.39, 0.29) is 5.92 Å². The molecule has 76 valence electrons. The van der Waals surface area contributed by atoms with Crippen molar-refractivity contribution in [2.24, 2.45) is 5.92 Å². The van der Waals surface area contributed by atoms with Crippen molar-refractivity contribution in [1.29, 1.82) is 5.26 Å². The summed E-state index contributed by atoms with van der Waals surface area (Å²) in [6.07, 6.45) is 0. The summed E-state index contributed by atoms with van der Waals surface area (Å²) < 4.78 is 1.29. The highest BCUT2D eigenvalue weighted by atomic mass is 32.1. The lowest BCUT2D eigenvalue weighted by Crippen LogP contribution is -2.03. The van der Waals surface area contributed by atoms with Gasteiger partial charge in [-0.1, -0.05) is 19.9 Å². The molecule has 0 bridgehead atoms. The van der Waals surface area contributed by atoms with E-state index >= 15 is 0 Å². The van der Waals surface area contributed by atoms with E-state index in [1.165, 1.54) is 10.1 Å². The second-order valence-corrected chi connectivity index (χ2v) is 5.02. The molecule has 0 aliphatic heterocycles. The Morgan fingerprint density at radius 3 is 2.73 bits per heavy atom. The first-order valence-electron chi connectivity index (χ1n) is 5.09. The summed E-state index contributed by atoms with van der Waals surface area (Å²) in [7, 11) is 0. The minimum Gasteiger partial charge on any atom is -0.198 e. The molecule has 1 aromatic carbocycles. The van der Waals surface area contributed by atoms with Crippen molar-refractivity contribution in [1.82, 2.24) is 0 Å². The number of rotatable bonds is 2. The predicted octanol–water partition coefficient (Wildman–Crippen LogP) is 4.16. The van der Waals surface area contributed by atoms with Crippen molar-refractivity contribution < 1.29 is 0 Å². The zero-order chi connectivity index (χ0) is 10.8. The van der Waals surface area contributed by atoms with E-state index < -0.39 is 0 Å². The molecule has 2 rings (SSSR count). The Labute approximate surface area is 94.0 Å². The van der Waals surface area contributed by atoms with E-state index in [4.69, 9.17) is 5.26 Å². The molecule has 0 N–H and O–H groups in total. The largest absolute Gasteiger partial charge is 0.198 e. The van der Waals surface area contributed by atoms with Crippen LogP contribution in [0.4, 0.5) is 0 Å². The average molecular weight is 215 g/mol. The highest BCUT2D eigenvalue weighted by Crippen LogP contribution is 2.28. The van der Waals surface area contributed by atoms with Crippen molar-refractivity contribution >= 4 is 21.4 Å². The molecule has 0 saturated carbocycles. The lowest BCUT2D eigenvalue weighted by atomic mass is 9.89. The van der Waals surface area contributed by atoms with Crippen LogP contribution in [0.3, 0.4) is 0 Å². The third-order valence-electron chi connectivity index (χ3n) is 2.64. The van der Waals surface area contributed by atoms with E-state index in [9.17, 15) is 0 Å². The summed E-state index contributed by atoms with van der Waals surface area (Å²) in [5.41, 5.74) is 1.14. The summed E-state index contributed by atoms with van der Waals surface area (Å²) in [6, 6.07) is 10.8. The van der Waals surface area contributed by atoms with Crippen LogP contribution in [0.15, 0.2) is 29.6 Å². The molecule has 15 heavy (non-hydrogen) atoms. The molecule has 0 radical (unpaired) electrons. The molecule has 0 aliphatic carbocycles. The van der Waals surface area contributed by atoms with E-state index in [1.807, 2.05) is 0 Å². The fourth-order valence-electron chi connectivity index (χ4n) is 1.79. The van der Waals surface area contributed by atoms with Crippen molar-refractivity contribution in [3.63, 3.8) is 0 Å². The lowest BCUT2D eigenvalue weighted by Gasteiger charge is -2.13. The predicted molar refractivity (Wildman–Crippen MR) is 65.0 cm³/mol. The van der Waals surface area contributed by atoms with Gasteiger partial charge in [-0.3, -0.25) is 0 Å². The highest BCUT2D eigenvalue weighted by Gasteiger charge is 2.15. The molecule has 1 heterocycles. The van der Waals surface area contributed by atoms with Gasteiger partial charge in [0.2, 0.25) is 0 Å².